The molecule has 0 radical (unpaired) electrons. The first kappa shape index (κ1) is 16.9. The van der Waals surface area contributed by atoms with Gasteiger partial charge in [0.15, 0.2) is 0 Å². The van der Waals surface area contributed by atoms with E-state index >= 15 is 0 Å². The van der Waals surface area contributed by atoms with Gasteiger partial charge in [-0.1, -0.05) is 12.1 Å². The highest BCUT2D eigenvalue weighted by Crippen LogP contribution is 2.10. The van der Waals surface area contributed by atoms with Gasteiger partial charge in [-0.2, -0.15) is 0 Å². The SMILES string of the molecule is CC(N)CCC(=O)Nc1ccc(CCO)cc1.Cl. The molecule has 0 spiro atoms. The summed E-state index contributed by atoms with van der Waals surface area (Å²) in [7, 11) is 0. The smallest absolute Gasteiger partial charge is 0.224 e. The van der Waals surface area contributed by atoms with Crippen LogP contribution in [0.1, 0.15) is 25.3 Å². The maximum absolute atomic E-state index is 11.5. The molecule has 18 heavy (non-hydrogen) atoms. The van der Waals surface area contributed by atoms with Gasteiger partial charge in [0.2, 0.25) is 5.91 Å². The number of rotatable bonds is 6. The third-order valence-corrected chi connectivity index (χ3v) is 2.46. The molecule has 1 amide bonds. The Balaban J connectivity index is 0.00000289. The molecule has 0 saturated carbocycles. The molecule has 4 nitrogen and oxygen atoms in total. The third-order valence-electron chi connectivity index (χ3n) is 2.46. The van der Waals surface area contributed by atoms with Crippen molar-refractivity contribution in [3.05, 3.63) is 29.8 Å². The van der Waals surface area contributed by atoms with Crippen molar-refractivity contribution in [3.63, 3.8) is 0 Å². The number of carbonyl (C=O) groups is 1. The van der Waals surface area contributed by atoms with Crippen LogP contribution in [0.25, 0.3) is 0 Å². The van der Waals surface area contributed by atoms with E-state index in [0.717, 1.165) is 11.3 Å². The Labute approximate surface area is 114 Å². The molecule has 5 heteroatoms. The molecule has 0 aliphatic rings. The molecule has 0 aromatic heterocycles. The van der Waals surface area contributed by atoms with E-state index in [2.05, 4.69) is 5.32 Å². The predicted molar refractivity (Wildman–Crippen MR) is 76.0 cm³/mol. The number of nitrogens with two attached hydrogens (primary N) is 1. The number of anilines is 1. The van der Waals surface area contributed by atoms with E-state index < -0.39 is 0 Å². The van der Waals surface area contributed by atoms with Gasteiger partial charge in [0.25, 0.3) is 0 Å². The van der Waals surface area contributed by atoms with Crippen molar-refractivity contribution >= 4 is 24.0 Å². The summed E-state index contributed by atoms with van der Waals surface area (Å²) >= 11 is 0. The van der Waals surface area contributed by atoms with Gasteiger partial charge in [-0.05, 0) is 37.5 Å². The first-order chi connectivity index (χ1) is 8.11. The molecule has 0 aliphatic heterocycles. The summed E-state index contributed by atoms with van der Waals surface area (Å²) in [4.78, 5) is 11.5. The molecule has 1 atom stereocenters. The number of halogens is 1. The topological polar surface area (TPSA) is 75.4 Å². The first-order valence-corrected chi connectivity index (χ1v) is 5.87. The van der Waals surface area contributed by atoms with Crippen molar-refractivity contribution in [2.45, 2.75) is 32.2 Å². The van der Waals surface area contributed by atoms with Crippen LogP contribution in [-0.2, 0) is 11.2 Å². The second kappa shape index (κ2) is 8.91. The van der Waals surface area contributed by atoms with E-state index in [1.54, 1.807) is 0 Å². The Hall–Kier alpha value is -1.10. The fraction of sp³-hybridized carbons (Fsp3) is 0.462. The molecular formula is C13H21ClN2O2. The molecule has 0 bridgehead atoms. The number of aliphatic hydroxyl groups is 1. The van der Waals surface area contributed by atoms with Gasteiger partial charge in [0.1, 0.15) is 0 Å². The van der Waals surface area contributed by atoms with E-state index in [0.29, 0.717) is 19.3 Å². The molecule has 1 aromatic carbocycles. The fourth-order valence-corrected chi connectivity index (χ4v) is 1.47. The van der Waals surface area contributed by atoms with E-state index in [-0.39, 0.29) is 31.0 Å². The maximum atomic E-state index is 11.5. The molecule has 0 saturated heterocycles. The van der Waals surface area contributed by atoms with Crippen molar-refractivity contribution in [2.75, 3.05) is 11.9 Å². The first-order valence-electron chi connectivity index (χ1n) is 5.87. The van der Waals surface area contributed by atoms with E-state index in [1.165, 1.54) is 0 Å². The Morgan fingerprint density at radius 3 is 2.50 bits per heavy atom. The minimum atomic E-state index is -0.0165. The number of hydrogen-bond acceptors (Lipinski definition) is 3. The molecule has 1 unspecified atom stereocenters. The van der Waals surface area contributed by atoms with Crippen LogP contribution >= 0.6 is 12.4 Å². The lowest BCUT2D eigenvalue weighted by molar-refractivity contribution is -0.116. The number of amides is 1. The van der Waals surface area contributed by atoms with Gasteiger partial charge < -0.3 is 16.2 Å². The van der Waals surface area contributed by atoms with Crippen LogP contribution in [0, 0.1) is 0 Å². The number of carbonyl (C=O) groups excluding carboxylic acids is 1. The summed E-state index contributed by atoms with van der Waals surface area (Å²) in [5.41, 5.74) is 7.42. The number of hydrogen-bond donors (Lipinski definition) is 3. The molecule has 1 aromatic rings. The van der Waals surface area contributed by atoms with Crippen LogP contribution in [0.4, 0.5) is 5.69 Å². The lowest BCUT2D eigenvalue weighted by Crippen LogP contribution is -2.19. The minimum absolute atomic E-state index is 0. The van der Waals surface area contributed by atoms with Crippen LogP contribution < -0.4 is 11.1 Å². The van der Waals surface area contributed by atoms with E-state index in [4.69, 9.17) is 10.8 Å². The molecular weight excluding hydrogens is 252 g/mol. The molecule has 0 heterocycles. The molecule has 1 rings (SSSR count). The van der Waals surface area contributed by atoms with Crippen LogP contribution in [0.5, 0.6) is 0 Å². The van der Waals surface area contributed by atoms with Crippen molar-refractivity contribution in [3.8, 4) is 0 Å². The molecule has 4 N–H and O–H groups in total. The van der Waals surface area contributed by atoms with Crippen molar-refractivity contribution in [2.24, 2.45) is 5.73 Å². The lowest BCUT2D eigenvalue weighted by Gasteiger charge is -2.07. The van der Waals surface area contributed by atoms with Gasteiger partial charge in [0, 0.05) is 24.8 Å². The highest BCUT2D eigenvalue weighted by atomic mass is 35.5. The van der Waals surface area contributed by atoms with Crippen molar-refractivity contribution in [1.82, 2.24) is 0 Å². The van der Waals surface area contributed by atoms with E-state index in [1.807, 2.05) is 31.2 Å². The zero-order valence-corrected chi connectivity index (χ0v) is 11.4. The van der Waals surface area contributed by atoms with E-state index in [9.17, 15) is 4.79 Å². The monoisotopic (exact) mass is 272 g/mol. The van der Waals surface area contributed by atoms with Gasteiger partial charge in [-0.15, -0.1) is 12.4 Å². The number of nitrogens with one attached hydrogen (secondary N) is 1. The van der Waals surface area contributed by atoms with Crippen LogP contribution in [0.2, 0.25) is 0 Å². The number of benzene rings is 1. The average molecular weight is 273 g/mol. The maximum Gasteiger partial charge on any atom is 0.224 e. The Kier molecular flexibility index (Phi) is 8.37. The quantitative estimate of drug-likeness (QED) is 0.738. The third kappa shape index (κ3) is 6.59. The zero-order valence-electron chi connectivity index (χ0n) is 10.6. The standard InChI is InChI=1S/C13H20N2O2.ClH/c1-10(14)2-7-13(17)15-12-5-3-11(4-6-12)8-9-16;/h3-6,10,16H,2,7-9,14H2,1H3,(H,15,17);1H. The molecule has 0 aliphatic carbocycles. The summed E-state index contributed by atoms with van der Waals surface area (Å²) in [5.74, 6) is -0.0165. The highest BCUT2D eigenvalue weighted by Gasteiger charge is 2.04. The summed E-state index contributed by atoms with van der Waals surface area (Å²) in [6, 6.07) is 7.53. The minimum Gasteiger partial charge on any atom is -0.396 e. The summed E-state index contributed by atoms with van der Waals surface area (Å²) in [6.07, 6.45) is 1.77. The Morgan fingerprint density at radius 2 is 2.00 bits per heavy atom. The Bertz CT molecular complexity index is 353. The van der Waals surface area contributed by atoms with Crippen LogP contribution in [0.3, 0.4) is 0 Å². The molecule has 102 valence electrons. The largest absolute Gasteiger partial charge is 0.396 e. The normalized spacial score (nSPS) is 11.5. The summed E-state index contributed by atoms with van der Waals surface area (Å²) < 4.78 is 0. The second-order valence-corrected chi connectivity index (χ2v) is 4.23. The summed E-state index contributed by atoms with van der Waals surface area (Å²) in [6.45, 7) is 2.02. The van der Waals surface area contributed by atoms with Gasteiger partial charge in [-0.3, -0.25) is 4.79 Å². The zero-order chi connectivity index (χ0) is 12.7. The Morgan fingerprint density at radius 1 is 1.39 bits per heavy atom. The average Bonchev–Trinajstić information content (AvgIpc) is 2.29. The predicted octanol–water partition coefficient (Wildman–Crippen LogP) is 1.71. The van der Waals surface area contributed by atoms with Crippen LogP contribution in [0.15, 0.2) is 24.3 Å². The molecule has 0 fully saturated rings. The van der Waals surface area contributed by atoms with Crippen molar-refractivity contribution < 1.29 is 9.90 Å². The van der Waals surface area contributed by atoms with Gasteiger partial charge in [0.05, 0.1) is 0 Å². The van der Waals surface area contributed by atoms with Gasteiger partial charge >= 0.3 is 0 Å². The summed E-state index contributed by atoms with van der Waals surface area (Å²) in [5, 5.41) is 11.6. The van der Waals surface area contributed by atoms with Gasteiger partial charge in [-0.25, -0.2) is 0 Å². The lowest BCUT2D eigenvalue weighted by atomic mass is 10.1. The van der Waals surface area contributed by atoms with Crippen molar-refractivity contribution in [1.29, 1.82) is 0 Å². The van der Waals surface area contributed by atoms with Crippen LogP contribution in [-0.4, -0.2) is 23.7 Å². The second-order valence-electron chi connectivity index (χ2n) is 4.23. The number of aliphatic hydroxyl groups excluding tert-OH is 1. The fourth-order valence-electron chi connectivity index (χ4n) is 1.47. The highest BCUT2D eigenvalue weighted by molar-refractivity contribution is 5.90.